The number of nitrogens with zero attached hydrogens (tertiary/aromatic N) is 1. The van der Waals surface area contributed by atoms with E-state index in [1.165, 1.54) is 0 Å². The molecule has 0 spiro atoms. The lowest BCUT2D eigenvalue weighted by Gasteiger charge is -2.34. The van der Waals surface area contributed by atoms with Gasteiger partial charge in [-0.1, -0.05) is 22.4 Å². The molecule has 1 fully saturated rings. The van der Waals surface area contributed by atoms with Crippen LogP contribution in [0, 0.1) is 0 Å². The van der Waals surface area contributed by atoms with Crippen LogP contribution in [0.1, 0.15) is 24.8 Å². The third-order valence-electron chi connectivity index (χ3n) is 3.57. The SMILES string of the molecule is CNC(=O)C1CCCCN1Cc1cc(O)ccc1Br. The molecule has 0 saturated carbocycles. The highest BCUT2D eigenvalue weighted by molar-refractivity contribution is 9.10. The van der Waals surface area contributed by atoms with Crippen LogP contribution in [0.3, 0.4) is 0 Å². The van der Waals surface area contributed by atoms with E-state index in [-0.39, 0.29) is 17.7 Å². The first-order valence-electron chi connectivity index (χ1n) is 6.55. The standard InChI is InChI=1S/C14H19BrN2O2/c1-16-14(19)13-4-2-3-7-17(13)9-10-8-11(18)5-6-12(10)15/h5-6,8,13,18H,2-4,7,9H2,1H3,(H,16,19). The van der Waals surface area contributed by atoms with Crippen molar-refractivity contribution in [2.45, 2.75) is 31.8 Å². The average Bonchev–Trinajstić information content (AvgIpc) is 2.42. The summed E-state index contributed by atoms with van der Waals surface area (Å²) in [6.45, 7) is 1.59. The Morgan fingerprint density at radius 3 is 3.05 bits per heavy atom. The zero-order chi connectivity index (χ0) is 13.8. The van der Waals surface area contributed by atoms with E-state index in [9.17, 15) is 9.90 Å². The number of hydrogen-bond donors (Lipinski definition) is 2. The highest BCUT2D eigenvalue weighted by Crippen LogP contribution is 2.26. The quantitative estimate of drug-likeness (QED) is 0.895. The summed E-state index contributed by atoms with van der Waals surface area (Å²) in [7, 11) is 1.68. The van der Waals surface area contributed by atoms with E-state index in [2.05, 4.69) is 26.1 Å². The molecule has 4 nitrogen and oxygen atoms in total. The molecule has 1 aliphatic heterocycles. The van der Waals surface area contributed by atoms with Crippen LogP contribution in [-0.4, -0.2) is 35.5 Å². The number of nitrogens with one attached hydrogen (secondary N) is 1. The van der Waals surface area contributed by atoms with Gasteiger partial charge in [-0.05, 0) is 43.1 Å². The average molecular weight is 327 g/mol. The molecule has 1 amide bonds. The molecule has 1 aromatic rings. The van der Waals surface area contributed by atoms with Crippen molar-refractivity contribution in [1.82, 2.24) is 10.2 Å². The van der Waals surface area contributed by atoms with E-state index >= 15 is 0 Å². The maximum atomic E-state index is 11.9. The number of likely N-dealkylation sites (N-methyl/N-ethyl adjacent to an activating group) is 1. The topological polar surface area (TPSA) is 52.6 Å². The van der Waals surface area contributed by atoms with Gasteiger partial charge in [0.1, 0.15) is 5.75 Å². The lowest BCUT2D eigenvalue weighted by Crippen LogP contribution is -2.48. The third-order valence-corrected chi connectivity index (χ3v) is 4.34. The largest absolute Gasteiger partial charge is 0.508 e. The summed E-state index contributed by atoms with van der Waals surface area (Å²) in [6.07, 6.45) is 3.11. The van der Waals surface area contributed by atoms with E-state index < -0.39 is 0 Å². The van der Waals surface area contributed by atoms with Crippen LogP contribution in [0.5, 0.6) is 5.75 Å². The van der Waals surface area contributed by atoms with Gasteiger partial charge in [-0.15, -0.1) is 0 Å². The van der Waals surface area contributed by atoms with Gasteiger partial charge in [-0.3, -0.25) is 9.69 Å². The molecular weight excluding hydrogens is 308 g/mol. The highest BCUT2D eigenvalue weighted by atomic mass is 79.9. The van der Waals surface area contributed by atoms with E-state index in [1.54, 1.807) is 19.2 Å². The molecule has 104 valence electrons. The zero-order valence-corrected chi connectivity index (χ0v) is 12.6. The first-order valence-corrected chi connectivity index (χ1v) is 7.34. The van der Waals surface area contributed by atoms with Crippen molar-refractivity contribution in [3.63, 3.8) is 0 Å². The van der Waals surface area contributed by atoms with Gasteiger partial charge < -0.3 is 10.4 Å². The second kappa shape index (κ2) is 6.39. The number of carbonyl (C=O) groups excluding carboxylic acids is 1. The summed E-state index contributed by atoms with van der Waals surface area (Å²) in [5, 5.41) is 12.3. The van der Waals surface area contributed by atoms with Gasteiger partial charge in [-0.2, -0.15) is 0 Å². The van der Waals surface area contributed by atoms with Crippen LogP contribution in [0.4, 0.5) is 0 Å². The number of phenolic OH excluding ortho intramolecular Hbond substituents is 1. The number of piperidine rings is 1. The molecule has 1 saturated heterocycles. The Morgan fingerprint density at radius 1 is 1.53 bits per heavy atom. The smallest absolute Gasteiger partial charge is 0.237 e. The fourth-order valence-electron chi connectivity index (χ4n) is 2.54. The molecular formula is C14H19BrN2O2. The van der Waals surface area contributed by atoms with Crippen LogP contribution in [0.2, 0.25) is 0 Å². The number of halogens is 1. The van der Waals surface area contributed by atoms with Crippen molar-refractivity contribution >= 4 is 21.8 Å². The fraction of sp³-hybridized carbons (Fsp3) is 0.500. The number of benzene rings is 1. The van der Waals surface area contributed by atoms with Crippen molar-refractivity contribution in [3.8, 4) is 5.75 Å². The van der Waals surface area contributed by atoms with Crippen molar-refractivity contribution in [3.05, 3.63) is 28.2 Å². The Bertz CT molecular complexity index is 465. The van der Waals surface area contributed by atoms with Crippen LogP contribution in [0.25, 0.3) is 0 Å². The number of aromatic hydroxyl groups is 1. The van der Waals surface area contributed by atoms with Crippen molar-refractivity contribution < 1.29 is 9.90 Å². The minimum atomic E-state index is -0.0620. The van der Waals surface area contributed by atoms with Gasteiger partial charge in [-0.25, -0.2) is 0 Å². The summed E-state index contributed by atoms with van der Waals surface area (Å²) in [4.78, 5) is 14.1. The maximum Gasteiger partial charge on any atom is 0.237 e. The molecule has 2 rings (SSSR count). The summed E-state index contributed by atoms with van der Waals surface area (Å²) in [6, 6.07) is 5.18. The first-order chi connectivity index (χ1) is 9.11. The van der Waals surface area contributed by atoms with Gasteiger partial charge in [0.05, 0.1) is 6.04 Å². The van der Waals surface area contributed by atoms with Crippen molar-refractivity contribution in [1.29, 1.82) is 0 Å². The number of likely N-dealkylation sites (tertiary alicyclic amines) is 1. The molecule has 1 aliphatic rings. The Morgan fingerprint density at radius 2 is 2.32 bits per heavy atom. The van der Waals surface area contributed by atoms with Crippen LogP contribution < -0.4 is 5.32 Å². The highest BCUT2D eigenvalue weighted by Gasteiger charge is 2.28. The van der Waals surface area contributed by atoms with E-state index in [0.29, 0.717) is 6.54 Å². The van der Waals surface area contributed by atoms with Gasteiger partial charge in [0.15, 0.2) is 0 Å². The summed E-state index contributed by atoms with van der Waals surface area (Å²) in [5.74, 6) is 0.336. The molecule has 1 aromatic carbocycles. The number of amides is 1. The molecule has 5 heteroatoms. The molecule has 19 heavy (non-hydrogen) atoms. The summed E-state index contributed by atoms with van der Waals surface area (Å²) < 4.78 is 0.964. The van der Waals surface area contributed by atoms with Crippen molar-refractivity contribution in [2.24, 2.45) is 0 Å². The Kier molecular flexibility index (Phi) is 4.82. The summed E-state index contributed by atoms with van der Waals surface area (Å²) >= 11 is 3.49. The van der Waals surface area contributed by atoms with Gasteiger partial charge >= 0.3 is 0 Å². The van der Waals surface area contributed by atoms with Gasteiger partial charge in [0.25, 0.3) is 0 Å². The lowest BCUT2D eigenvalue weighted by atomic mass is 10.0. The fourth-order valence-corrected chi connectivity index (χ4v) is 2.92. The molecule has 0 aromatic heterocycles. The Hall–Kier alpha value is -1.07. The van der Waals surface area contributed by atoms with E-state index in [0.717, 1.165) is 35.8 Å². The molecule has 2 N–H and O–H groups in total. The Balaban J connectivity index is 2.15. The van der Waals surface area contributed by atoms with Crippen LogP contribution >= 0.6 is 15.9 Å². The number of rotatable bonds is 3. The Labute approximate surface area is 121 Å². The predicted molar refractivity (Wildman–Crippen MR) is 77.9 cm³/mol. The van der Waals surface area contributed by atoms with Gasteiger partial charge in [0, 0.05) is 18.1 Å². The first kappa shape index (κ1) is 14.3. The van der Waals surface area contributed by atoms with E-state index in [4.69, 9.17) is 0 Å². The summed E-state index contributed by atoms with van der Waals surface area (Å²) in [5.41, 5.74) is 1.01. The maximum absolute atomic E-state index is 11.9. The number of carbonyl (C=O) groups is 1. The van der Waals surface area contributed by atoms with Crippen molar-refractivity contribution in [2.75, 3.05) is 13.6 Å². The molecule has 0 bridgehead atoms. The molecule has 1 atom stereocenters. The minimum Gasteiger partial charge on any atom is -0.508 e. The molecule has 0 radical (unpaired) electrons. The molecule has 0 aliphatic carbocycles. The second-order valence-corrected chi connectivity index (χ2v) is 5.73. The predicted octanol–water partition coefficient (Wildman–Crippen LogP) is 2.26. The van der Waals surface area contributed by atoms with Crippen LogP contribution in [0.15, 0.2) is 22.7 Å². The van der Waals surface area contributed by atoms with Crippen LogP contribution in [-0.2, 0) is 11.3 Å². The zero-order valence-electron chi connectivity index (χ0n) is 11.0. The lowest BCUT2D eigenvalue weighted by molar-refractivity contribution is -0.127. The van der Waals surface area contributed by atoms with E-state index in [1.807, 2.05) is 6.07 Å². The van der Waals surface area contributed by atoms with Gasteiger partial charge in [0.2, 0.25) is 5.91 Å². The minimum absolute atomic E-state index is 0.0620. The second-order valence-electron chi connectivity index (χ2n) is 4.87. The number of phenols is 1. The monoisotopic (exact) mass is 326 g/mol. The normalized spacial score (nSPS) is 20.2. The molecule has 1 heterocycles. The molecule has 1 unspecified atom stereocenters. The third kappa shape index (κ3) is 3.48. The number of hydrogen-bond acceptors (Lipinski definition) is 3.